The first kappa shape index (κ1) is 23.9. The molecular formula is C21H33IN4S. The molecule has 2 aromatic rings. The molecule has 1 unspecified atom stereocenters. The van der Waals surface area contributed by atoms with E-state index in [1.807, 2.05) is 18.4 Å². The van der Waals surface area contributed by atoms with Gasteiger partial charge in [-0.1, -0.05) is 31.2 Å². The van der Waals surface area contributed by atoms with E-state index >= 15 is 0 Å². The molecule has 0 amide bonds. The molecule has 0 fully saturated rings. The quantitative estimate of drug-likeness (QED) is 0.320. The van der Waals surface area contributed by atoms with Crippen LogP contribution in [-0.4, -0.2) is 37.5 Å². The zero-order chi connectivity index (χ0) is 18.9. The van der Waals surface area contributed by atoms with Gasteiger partial charge in [-0.2, -0.15) is 0 Å². The van der Waals surface area contributed by atoms with E-state index in [-0.39, 0.29) is 24.0 Å². The Labute approximate surface area is 185 Å². The Bertz CT molecular complexity index is 714. The van der Waals surface area contributed by atoms with E-state index in [0.717, 1.165) is 32.0 Å². The average molecular weight is 500 g/mol. The number of hydrogen-bond acceptors (Lipinski definition) is 3. The lowest BCUT2D eigenvalue weighted by atomic mass is 10.1. The van der Waals surface area contributed by atoms with Gasteiger partial charge in [0.15, 0.2) is 5.96 Å². The van der Waals surface area contributed by atoms with Crippen LogP contribution in [0.5, 0.6) is 0 Å². The van der Waals surface area contributed by atoms with Crippen LogP contribution >= 0.6 is 35.3 Å². The summed E-state index contributed by atoms with van der Waals surface area (Å²) in [5, 5.41) is 6.92. The fourth-order valence-electron chi connectivity index (χ4n) is 2.82. The van der Waals surface area contributed by atoms with Crippen molar-refractivity contribution in [2.45, 2.75) is 46.3 Å². The van der Waals surface area contributed by atoms with Gasteiger partial charge in [-0.05, 0) is 50.7 Å². The Kier molecular flexibility index (Phi) is 10.9. The van der Waals surface area contributed by atoms with Crippen molar-refractivity contribution in [3.63, 3.8) is 0 Å². The van der Waals surface area contributed by atoms with E-state index < -0.39 is 0 Å². The van der Waals surface area contributed by atoms with E-state index in [4.69, 9.17) is 0 Å². The van der Waals surface area contributed by atoms with E-state index in [2.05, 4.69) is 84.7 Å². The molecule has 1 aromatic carbocycles. The molecule has 0 aliphatic heterocycles. The number of guanidine groups is 1. The molecule has 150 valence electrons. The predicted molar refractivity (Wildman–Crippen MR) is 129 cm³/mol. The molecule has 1 atom stereocenters. The van der Waals surface area contributed by atoms with Crippen molar-refractivity contribution in [2.24, 2.45) is 4.99 Å². The number of aryl methyl sites for hydroxylation is 1. The number of nitrogens with zero attached hydrogens (tertiary/aromatic N) is 2. The molecule has 1 heterocycles. The monoisotopic (exact) mass is 500 g/mol. The number of aliphatic imine (C=N–C) groups is 1. The summed E-state index contributed by atoms with van der Waals surface area (Å²) in [5.41, 5.74) is 2.62. The average Bonchev–Trinajstić information content (AvgIpc) is 3.03. The van der Waals surface area contributed by atoms with Gasteiger partial charge in [0.25, 0.3) is 0 Å². The third kappa shape index (κ3) is 8.62. The van der Waals surface area contributed by atoms with Crippen LogP contribution in [0.1, 0.15) is 34.7 Å². The van der Waals surface area contributed by atoms with E-state index in [1.165, 1.54) is 20.9 Å². The predicted octanol–water partition coefficient (Wildman–Crippen LogP) is 4.42. The molecule has 0 radical (unpaired) electrons. The molecule has 27 heavy (non-hydrogen) atoms. The maximum atomic E-state index is 4.36. The lowest BCUT2D eigenvalue weighted by Gasteiger charge is -2.18. The first-order valence-corrected chi connectivity index (χ1v) is 10.1. The third-order valence-electron chi connectivity index (χ3n) is 4.35. The largest absolute Gasteiger partial charge is 0.354 e. The highest BCUT2D eigenvalue weighted by molar-refractivity contribution is 14.0. The van der Waals surface area contributed by atoms with Crippen LogP contribution in [0.3, 0.4) is 0 Å². The van der Waals surface area contributed by atoms with Crippen LogP contribution in [0.4, 0.5) is 0 Å². The molecule has 1 aromatic heterocycles. The van der Waals surface area contributed by atoms with Crippen molar-refractivity contribution >= 4 is 41.3 Å². The molecular weight excluding hydrogens is 467 g/mol. The summed E-state index contributed by atoms with van der Waals surface area (Å²) >= 11 is 1.86. The van der Waals surface area contributed by atoms with Gasteiger partial charge in [-0.25, -0.2) is 0 Å². The minimum Gasteiger partial charge on any atom is -0.354 e. The molecule has 4 nitrogen and oxygen atoms in total. The smallest absolute Gasteiger partial charge is 0.191 e. The van der Waals surface area contributed by atoms with Crippen molar-refractivity contribution < 1.29 is 0 Å². The fraction of sp³-hybridized carbons (Fsp3) is 0.476. The second-order valence-corrected chi connectivity index (χ2v) is 8.21. The molecule has 0 saturated heterocycles. The third-order valence-corrected chi connectivity index (χ3v) is 5.38. The van der Waals surface area contributed by atoms with E-state index in [9.17, 15) is 0 Å². The van der Waals surface area contributed by atoms with Crippen LogP contribution in [0.25, 0.3) is 0 Å². The minimum atomic E-state index is 0. The molecule has 0 bridgehead atoms. The molecule has 0 saturated carbocycles. The van der Waals surface area contributed by atoms with Crippen LogP contribution in [0, 0.1) is 6.92 Å². The van der Waals surface area contributed by atoms with Gasteiger partial charge in [0.1, 0.15) is 0 Å². The molecule has 0 aliphatic carbocycles. The summed E-state index contributed by atoms with van der Waals surface area (Å²) < 4.78 is 0. The number of halogens is 1. The normalized spacial score (nSPS) is 12.6. The Balaban J connectivity index is 0.00000364. The zero-order valence-corrected chi connectivity index (χ0v) is 20.2. The molecule has 2 N–H and O–H groups in total. The van der Waals surface area contributed by atoms with Crippen molar-refractivity contribution in [1.29, 1.82) is 0 Å². The van der Waals surface area contributed by atoms with Crippen LogP contribution < -0.4 is 10.6 Å². The van der Waals surface area contributed by atoms with Gasteiger partial charge < -0.3 is 15.5 Å². The van der Waals surface area contributed by atoms with Gasteiger partial charge in [0, 0.05) is 42.4 Å². The molecule has 0 spiro atoms. The van der Waals surface area contributed by atoms with E-state index in [0.29, 0.717) is 6.04 Å². The standard InChI is InChI=1S/C21H32N4S.HI/c1-6-25(5)15-19-9-7-8-18(13-19)14-23-21(22-4)24-16(2)12-20-11-10-17(3)26-20;/h7-11,13,16H,6,12,14-15H2,1-5H3,(H2,22,23,24);1H. The first-order valence-electron chi connectivity index (χ1n) is 9.29. The van der Waals surface area contributed by atoms with Crippen molar-refractivity contribution in [3.05, 3.63) is 57.3 Å². The van der Waals surface area contributed by atoms with Gasteiger partial charge in [-0.15, -0.1) is 35.3 Å². The number of thiophene rings is 1. The highest BCUT2D eigenvalue weighted by Gasteiger charge is 2.08. The van der Waals surface area contributed by atoms with Gasteiger partial charge in [-0.3, -0.25) is 4.99 Å². The summed E-state index contributed by atoms with van der Waals surface area (Å²) in [7, 11) is 3.97. The Morgan fingerprint density at radius 2 is 1.96 bits per heavy atom. The summed E-state index contributed by atoms with van der Waals surface area (Å²) in [4.78, 5) is 9.44. The number of benzene rings is 1. The Morgan fingerprint density at radius 3 is 2.59 bits per heavy atom. The second-order valence-electron chi connectivity index (χ2n) is 6.84. The zero-order valence-electron chi connectivity index (χ0n) is 17.1. The minimum absolute atomic E-state index is 0. The van der Waals surface area contributed by atoms with E-state index in [1.54, 1.807) is 0 Å². The maximum Gasteiger partial charge on any atom is 0.191 e. The molecule has 2 rings (SSSR count). The Morgan fingerprint density at radius 1 is 1.22 bits per heavy atom. The van der Waals surface area contributed by atoms with Crippen molar-refractivity contribution in [1.82, 2.24) is 15.5 Å². The SMILES string of the molecule is CCN(C)Cc1cccc(CNC(=NC)NC(C)Cc2ccc(C)s2)c1.I. The highest BCUT2D eigenvalue weighted by Crippen LogP contribution is 2.16. The van der Waals surface area contributed by atoms with Crippen LogP contribution in [0.15, 0.2) is 41.4 Å². The van der Waals surface area contributed by atoms with Gasteiger partial charge >= 0.3 is 0 Å². The van der Waals surface area contributed by atoms with Gasteiger partial charge in [0.2, 0.25) is 0 Å². The summed E-state index contributed by atoms with van der Waals surface area (Å²) in [6, 6.07) is 13.5. The van der Waals surface area contributed by atoms with Crippen molar-refractivity contribution in [3.8, 4) is 0 Å². The van der Waals surface area contributed by atoms with Crippen molar-refractivity contribution in [2.75, 3.05) is 20.6 Å². The Hall–Kier alpha value is -1.12. The molecule has 6 heteroatoms. The summed E-state index contributed by atoms with van der Waals surface area (Å²) in [6.07, 6.45) is 1.01. The van der Waals surface area contributed by atoms with Gasteiger partial charge in [0.05, 0.1) is 0 Å². The second kappa shape index (κ2) is 12.4. The highest BCUT2D eigenvalue weighted by atomic mass is 127. The number of rotatable bonds is 8. The fourth-order valence-corrected chi connectivity index (χ4v) is 3.84. The van der Waals surface area contributed by atoms with Crippen LogP contribution in [0.2, 0.25) is 0 Å². The van der Waals surface area contributed by atoms with Crippen LogP contribution in [-0.2, 0) is 19.5 Å². The topological polar surface area (TPSA) is 39.7 Å². The number of hydrogen-bond donors (Lipinski definition) is 2. The lowest BCUT2D eigenvalue weighted by Crippen LogP contribution is -2.42. The summed E-state index contributed by atoms with van der Waals surface area (Å²) in [6.45, 7) is 9.34. The molecule has 0 aliphatic rings. The summed E-state index contributed by atoms with van der Waals surface area (Å²) in [5.74, 6) is 0.849. The first-order chi connectivity index (χ1) is 12.5. The lowest BCUT2D eigenvalue weighted by molar-refractivity contribution is 0.345. The maximum absolute atomic E-state index is 4.36. The number of nitrogens with one attached hydrogen (secondary N) is 2.